The van der Waals surface area contributed by atoms with E-state index < -0.39 is 11.7 Å². The van der Waals surface area contributed by atoms with E-state index in [9.17, 15) is 4.79 Å². The highest BCUT2D eigenvalue weighted by Crippen LogP contribution is 2.42. The maximum atomic E-state index is 12.4. The first kappa shape index (κ1) is 20.9. The Bertz CT molecular complexity index is 1430. The monoisotopic (exact) mass is 442 g/mol. The highest BCUT2D eigenvalue weighted by atomic mass is 16.6. The molecule has 5 rings (SSSR count). The first-order valence-electron chi connectivity index (χ1n) is 10.9. The highest BCUT2D eigenvalue weighted by molar-refractivity contribution is 6.07. The molecule has 3 aromatic heterocycles. The van der Waals surface area contributed by atoms with Crippen LogP contribution in [0.25, 0.3) is 38.6 Å². The molecule has 1 aromatic carbocycles. The lowest BCUT2D eigenvalue weighted by Crippen LogP contribution is -2.41. The summed E-state index contributed by atoms with van der Waals surface area (Å²) in [6, 6.07) is 9.87. The Morgan fingerprint density at radius 1 is 1.21 bits per heavy atom. The Hall–Kier alpha value is -3.94. The van der Waals surface area contributed by atoms with Crippen LogP contribution in [0.5, 0.6) is 0 Å². The smallest absolute Gasteiger partial charge is 0.408 e. The molecule has 0 saturated carbocycles. The van der Waals surface area contributed by atoms with E-state index >= 15 is 0 Å². The van der Waals surface area contributed by atoms with Crippen LogP contribution in [0.1, 0.15) is 33.4 Å². The van der Waals surface area contributed by atoms with Crippen LogP contribution in [-0.4, -0.2) is 37.3 Å². The molecule has 0 spiro atoms. The van der Waals surface area contributed by atoms with E-state index in [-0.39, 0.29) is 6.04 Å². The fourth-order valence-electron chi connectivity index (χ4n) is 4.45. The number of nitrogen functional groups attached to an aromatic ring is 1. The summed E-state index contributed by atoms with van der Waals surface area (Å²) in [4.78, 5) is 25.8. The second-order valence-corrected chi connectivity index (χ2v) is 9.31. The predicted octanol–water partition coefficient (Wildman–Crippen LogP) is 4.54. The van der Waals surface area contributed by atoms with Gasteiger partial charge in [0.05, 0.1) is 22.6 Å². The fraction of sp³-hybridized carbons (Fsp3) is 0.280. The van der Waals surface area contributed by atoms with E-state index in [1.54, 1.807) is 0 Å². The number of benzene rings is 1. The molecule has 8 heteroatoms. The van der Waals surface area contributed by atoms with Gasteiger partial charge in [-0.15, -0.1) is 0 Å². The van der Waals surface area contributed by atoms with Crippen molar-refractivity contribution in [3.05, 3.63) is 54.6 Å². The van der Waals surface area contributed by atoms with Gasteiger partial charge in [0.1, 0.15) is 23.4 Å². The lowest BCUT2D eigenvalue weighted by Gasteiger charge is -2.26. The second-order valence-electron chi connectivity index (χ2n) is 9.31. The van der Waals surface area contributed by atoms with Gasteiger partial charge in [-0.2, -0.15) is 0 Å². The van der Waals surface area contributed by atoms with Crippen LogP contribution < -0.4 is 11.1 Å². The number of nitrogens with zero attached hydrogens (tertiary/aromatic N) is 4. The Balaban J connectivity index is 1.64. The van der Waals surface area contributed by atoms with Gasteiger partial charge in [0.15, 0.2) is 0 Å². The summed E-state index contributed by atoms with van der Waals surface area (Å²) in [6.07, 6.45) is 4.92. The van der Waals surface area contributed by atoms with Crippen molar-refractivity contribution in [2.24, 2.45) is 0 Å². The van der Waals surface area contributed by atoms with Crippen LogP contribution >= 0.6 is 0 Å². The molecule has 33 heavy (non-hydrogen) atoms. The largest absolute Gasteiger partial charge is 0.444 e. The van der Waals surface area contributed by atoms with Crippen molar-refractivity contribution in [3.8, 4) is 11.1 Å². The van der Waals surface area contributed by atoms with Crippen LogP contribution in [-0.2, 0) is 11.3 Å². The number of carbonyl (C=O) groups excluding carboxylic acids is 1. The third-order valence-corrected chi connectivity index (χ3v) is 5.65. The molecule has 0 bridgehead atoms. The minimum absolute atomic E-state index is 0.248. The first-order valence-corrected chi connectivity index (χ1v) is 10.9. The van der Waals surface area contributed by atoms with Gasteiger partial charge < -0.3 is 20.4 Å². The average molecular weight is 443 g/mol. The molecule has 1 aliphatic rings. The summed E-state index contributed by atoms with van der Waals surface area (Å²) in [5, 5.41) is 4.78. The standard InChI is InChI=1S/C25H26N6O2/c1-14-9-17(30-24(32)33-25(2,3)4)12-31-21(14)19(20-22(26)28-13-29-23(20)31)16-10-15-7-5-6-8-18(15)27-11-16/h5-11,13,17H,12H2,1-4H3,(H,30,32)(H2,26,28,29)/t17-/m0/s1. The number of allylic oxidation sites excluding steroid dienone is 1. The first-order chi connectivity index (χ1) is 15.7. The normalized spacial score (nSPS) is 15.9. The van der Waals surface area contributed by atoms with E-state index in [1.807, 2.05) is 64.2 Å². The molecule has 0 fully saturated rings. The molecule has 3 N–H and O–H groups in total. The SMILES string of the molecule is CC1=C[C@H](NC(=O)OC(C)(C)C)Cn2c1c(-c1cnc3ccccc3c1)c1c(N)ncnc12. The number of alkyl carbamates (subject to hydrolysis) is 1. The number of pyridine rings is 1. The summed E-state index contributed by atoms with van der Waals surface area (Å²) in [5.74, 6) is 0.412. The number of rotatable bonds is 2. The van der Waals surface area contributed by atoms with Crippen molar-refractivity contribution < 1.29 is 9.53 Å². The second kappa shape index (κ2) is 7.58. The molecule has 8 nitrogen and oxygen atoms in total. The molecule has 0 aliphatic carbocycles. The molecule has 0 saturated heterocycles. The number of anilines is 1. The van der Waals surface area contributed by atoms with Crippen LogP contribution in [0.4, 0.5) is 10.6 Å². The fourth-order valence-corrected chi connectivity index (χ4v) is 4.45. The Morgan fingerprint density at radius 3 is 2.79 bits per heavy atom. The number of nitrogens with two attached hydrogens (primary N) is 1. The van der Waals surface area contributed by atoms with Crippen LogP contribution in [0, 0.1) is 0 Å². The number of para-hydroxylation sites is 1. The van der Waals surface area contributed by atoms with Gasteiger partial charge in [-0.25, -0.2) is 14.8 Å². The molecule has 1 amide bonds. The van der Waals surface area contributed by atoms with E-state index in [2.05, 4.69) is 30.9 Å². The van der Waals surface area contributed by atoms with Gasteiger partial charge in [0, 0.05) is 29.3 Å². The number of aromatic nitrogens is 4. The summed E-state index contributed by atoms with van der Waals surface area (Å²) in [5.41, 5.74) is 11.3. The van der Waals surface area contributed by atoms with Crippen molar-refractivity contribution in [3.63, 3.8) is 0 Å². The van der Waals surface area contributed by atoms with Crippen molar-refractivity contribution in [1.82, 2.24) is 24.8 Å². The number of ether oxygens (including phenoxy) is 1. The summed E-state index contributed by atoms with van der Waals surface area (Å²) >= 11 is 0. The maximum absolute atomic E-state index is 12.4. The predicted molar refractivity (Wildman–Crippen MR) is 129 cm³/mol. The molecule has 168 valence electrons. The van der Waals surface area contributed by atoms with Crippen molar-refractivity contribution >= 4 is 39.4 Å². The third-order valence-electron chi connectivity index (χ3n) is 5.65. The molecule has 0 radical (unpaired) electrons. The molecular formula is C25H26N6O2. The zero-order valence-corrected chi connectivity index (χ0v) is 19.1. The van der Waals surface area contributed by atoms with Gasteiger partial charge in [0.2, 0.25) is 0 Å². The summed E-state index contributed by atoms with van der Waals surface area (Å²) < 4.78 is 7.54. The molecule has 4 aromatic rings. The maximum Gasteiger partial charge on any atom is 0.408 e. The quantitative estimate of drug-likeness (QED) is 0.472. The van der Waals surface area contributed by atoms with E-state index in [0.29, 0.717) is 12.4 Å². The minimum atomic E-state index is -0.569. The lowest BCUT2D eigenvalue weighted by atomic mass is 9.97. The number of carbonyl (C=O) groups is 1. The zero-order chi connectivity index (χ0) is 23.3. The molecule has 0 unspecified atom stereocenters. The highest BCUT2D eigenvalue weighted by Gasteiger charge is 2.29. The van der Waals surface area contributed by atoms with Crippen molar-refractivity contribution in [1.29, 1.82) is 0 Å². The Labute approximate surface area is 191 Å². The third kappa shape index (κ3) is 3.77. The summed E-state index contributed by atoms with van der Waals surface area (Å²) in [7, 11) is 0. The summed E-state index contributed by atoms with van der Waals surface area (Å²) in [6.45, 7) is 8.05. The number of fused-ring (bicyclic) bond motifs is 4. The van der Waals surface area contributed by atoms with E-state index in [1.165, 1.54) is 6.33 Å². The molecule has 1 aliphatic heterocycles. The molecule has 1 atom stereocenters. The lowest BCUT2D eigenvalue weighted by molar-refractivity contribution is 0.0510. The molecular weight excluding hydrogens is 416 g/mol. The number of hydrogen-bond acceptors (Lipinski definition) is 6. The van der Waals surface area contributed by atoms with Crippen LogP contribution in [0.2, 0.25) is 0 Å². The number of hydrogen-bond donors (Lipinski definition) is 2. The van der Waals surface area contributed by atoms with Crippen molar-refractivity contribution in [2.75, 3.05) is 5.73 Å². The van der Waals surface area contributed by atoms with Gasteiger partial charge in [-0.3, -0.25) is 4.98 Å². The van der Waals surface area contributed by atoms with E-state index in [0.717, 1.165) is 44.3 Å². The Morgan fingerprint density at radius 2 is 2.00 bits per heavy atom. The number of nitrogens with one attached hydrogen (secondary N) is 1. The average Bonchev–Trinajstić information content (AvgIpc) is 3.08. The van der Waals surface area contributed by atoms with Crippen LogP contribution in [0.3, 0.4) is 0 Å². The number of amides is 1. The molecule has 4 heterocycles. The van der Waals surface area contributed by atoms with Gasteiger partial charge >= 0.3 is 6.09 Å². The van der Waals surface area contributed by atoms with Crippen LogP contribution in [0.15, 0.2) is 48.9 Å². The Kier molecular flexibility index (Phi) is 4.81. The topological polar surface area (TPSA) is 108 Å². The van der Waals surface area contributed by atoms with Gasteiger partial charge in [0.25, 0.3) is 0 Å². The zero-order valence-electron chi connectivity index (χ0n) is 19.1. The van der Waals surface area contributed by atoms with Gasteiger partial charge in [-0.1, -0.05) is 24.3 Å². The van der Waals surface area contributed by atoms with E-state index in [4.69, 9.17) is 10.5 Å². The van der Waals surface area contributed by atoms with Crippen molar-refractivity contribution in [2.45, 2.75) is 45.9 Å². The van der Waals surface area contributed by atoms with Gasteiger partial charge in [-0.05, 0) is 45.4 Å². The minimum Gasteiger partial charge on any atom is -0.444 e.